The van der Waals surface area contributed by atoms with Gasteiger partial charge in [-0.2, -0.15) is 10.1 Å². The molecule has 0 bridgehead atoms. The van der Waals surface area contributed by atoms with Crippen LogP contribution in [0.25, 0.3) is 27.8 Å². The van der Waals surface area contributed by atoms with Crippen LogP contribution >= 0.6 is 0 Å². The average molecular weight is 427 g/mol. The second-order valence-corrected chi connectivity index (χ2v) is 7.55. The number of fused-ring (bicyclic) bond motifs is 3. The number of amides is 1. The van der Waals surface area contributed by atoms with Crippen LogP contribution in [-0.4, -0.2) is 25.7 Å². The molecule has 0 saturated carbocycles. The lowest BCUT2D eigenvalue weighted by Gasteiger charge is -2.07. The van der Waals surface area contributed by atoms with Gasteiger partial charge in [-0.15, -0.1) is 0 Å². The van der Waals surface area contributed by atoms with Crippen LogP contribution in [0.3, 0.4) is 0 Å². The van der Waals surface area contributed by atoms with Gasteiger partial charge in [-0.05, 0) is 48.9 Å². The summed E-state index contributed by atoms with van der Waals surface area (Å²) in [6.45, 7) is 2.23. The molecule has 1 amide bonds. The maximum Gasteiger partial charge on any atom is 0.281 e. The molecule has 0 unspecified atom stereocenters. The Balaban J connectivity index is 1.53. The molecule has 2 heterocycles. The summed E-state index contributed by atoms with van der Waals surface area (Å²) in [5.41, 5.74) is 4.10. The van der Waals surface area contributed by atoms with Crippen molar-refractivity contribution in [1.82, 2.24) is 25.1 Å². The lowest BCUT2D eigenvalue weighted by molar-refractivity contribution is 0.0951. The van der Waals surface area contributed by atoms with Crippen LogP contribution in [-0.2, 0) is 6.54 Å². The zero-order valence-corrected chi connectivity index (χ0v) is 17.1. The van der Waals surface area contributed by atoms with Crippen LogP contribution in [0.1, 0.15) is 21.5 Å². The number of aryl methyl sites for hydroxylation is 1. The summed E-state index contributed by atoms with van der Waals surface area (Å²) in [6.07, 6.45) is 0. The molecule has 0 aliphatic heterocycles. The third-order valence-electron chi connectivity index (χ3n) is 5.28. The fraction of sp³-hybridized carbons (Fsp3) is 0.0833. The quantitative estimate of drug-likeness (QED) is 0.458. The van der Waals surface area contributed by atoms with E-state index in [1.165, 1.54) is 12.1 Å². The molecule has 0 radical (unpaired) electrons. The van der Waals surface area contributed by atoms with Crippen molar-refractivity contribution < 1.29 is 9.18 Å². The molecule has 0 aliphatic carbocycles. The number of carbonyl (C=O) groups excluding carboxylic acids is 1. The summed E-state index contributed by atoms with van der Waals surface area (Å²) in [4.78, 5) is 29.6. The van der Waals surface area contributed by atoms with Crippen molar-refractivity contribution in [3.63, 3.8) is 0 Å². The number of carbonyl (C=O) groups is 1. The van der Waals surface area contributed by atoms with Crippen LogP contribution in [0.5, 0.6) is 0 Å². The predicted molar refractivity (Wildman–Crippen MR) is 119 cm³/mol. The van der Waals surface area contributed by atoms with Crippen molar-refractivity contribution >= 4 is 22.5 Å². The highest BCUT2D eigenvalue weighted by Crippen LogP contribution is 2.23. The van der Waals surface area contributed by atoms with E-state index >= 15 is 0 Å². The smallest absolute Gasteiger partial charge is 0.281 e. The van der Waals surface area contributed by atoms with Gasteiger partial charge in [0.15, 0.2) is 5.65 Å². The van der Waals surface area contributed by atoms with Gasteiger partial charge < -0.3 is 5.32 Å². The van der Waals surface area contributed by atoms with Crippen LogP contribution in [0, 0.1) is 12.7 Å². The number of hydrogen-bond acceptors (Lipinski definition) is 4. The number of aromatic amines is 1. The number of H-pyrrole nitrogens is 1. The van der Waals surface area contributed by atoms with E-state index in [1.807, 2.05) is 31.2 Å². The molecule has 2 N–H and O–H groups in total. The SMILES string of the molecule is Cc1cccc(-c2n[nH]n3c2nc(=O)c2ccc(C(=O)NCc4ccc(F)cc4)cc23)c1. The zero-order chi connectivity index (χ0) is 22.2. The highest BCUT2D eigenvalue weighted by Gasteiger charge is 2.16. The third-order valence-corrected chi connectivity index (χ3v) is 5.28. The van der Waals surface area contributed by atoms with E-state index in [2.05, 4.69) is 20.6 Å². The Kier molecular flexibility index (Phi) is 4.74. The Hall–Kier alpha value is -4.33. The van der Waals surface area contributed by atoms with Crippen molar-refractivity contribution in [2.45, 2.75) is 13.5 Å². The first-order valence-electron chi connectivity index (χ1n) is 10.0. The second kappa shape index (κ2) is 7.73. The number of aromatic nitrogens is 4. The van der Waals surface area contributed by atoms with E-state index in [0.29, 0.717) is 27.8 Å². The fourth-order valence-electron chi connectivity index (χ4n) is 3.64. The van der Waals surface area contributed by atoms with Gasteiger partial charge in [0.05, 0.1) is 10.9 Å². The number of halogens is 1. The Morgan fingerprint density at radius 1 is 1.09 bits per heavy atom. The van der Waals surface area contributed by atoms with Crippen molar-refractivity contribution in [1.29, 1.82) is 0 Å². The van der Waals surface area contributed by atoms with Crippen molar-refractivity contribution in [2.75, 3.05) is 0 Å². The molecule has 0 atom stereocenters. The lowest BCUT2D eigenvalue weighted by atomic mass is 10.1. The largest absolute Gasteiger partial charge is 0.348 e. The van der Waals surface area contributed by atoms with Crippen molar-refractivity contribution in [3.05, 3.63) is 99.6 Å². The van der Waals surface area contributed by atoms with Gasteiger partial charge >= 0.3 is 0 Å². The monoisotopic (exact) mass is 427 g/mol. The first-order chi connectivity index (χ1) is 15.5. The van der Waals surface area contributed by atoms with E-state index in [1.54, 1.807) is 34.8 Å². The molecule has 0 aliphatic rings. The van der Waals surface area contributed by atoms with Gasteiger partial charge in [0, 0.05) is 17.7 Å². The Labute approximate surface area is 181 Å². The third kappa shape index (κ3) is 3.51. The summed E-state index contributed by atoms with van der Waals surface area (Å²) >= 11 is 0. The maximum absolute atomic E-state index is 13.1. The molecule has 0 spiro atoms. The number of nitrogens with one attached hydrogen (secondary N) is 2. The summed E-state index contributed by atoms with van der Waals surface area (Å²) in [5.74, 6) is -0.644. The molecule has 5 aromatic rings. The Morgan fingerprint density at radius 3 is 2.69 bits per heavy atom. The predicted octanol–water partition coefficient (Wildman–Crippen LogP) is 3.62. The van der Waals surface area contributed by atoms with E-state index in [4.69, 9.17) is 0 Å². The minimum atomic E-state index is -0.395. The van der Waals surface area contributed by atoms with E-state index in [9.17, 15) is 14.0 Å². The molecule has 32 heavy (non-hydrogen) atoms. The van der Waals surface area contributed by atoms with Gasteiger partial charge in [0.2, 0.25) is 0 Å². The van der Waals surface area contributed by atoms with Gasteiger partial charge in [-0.25, -0.2) is 14.1 Å². The van der Waals surface area contributed by atoms with E-state index in [0.717, 1.165) is 16.7 Å². The first kappa shape index (κ1) is 19.6. The van der Waals surface area contributed by atoms with Gasteiger partial charge in [0.1, 0.15) is 11.5 Å². The summed E-state index contributed by atoms with van der Waals surface area (Å²) in [5, 5.41) is 10.4. The molecular formula is C24H18FN5O2. The lowest BCUT2D eigenvalue weighted by Crippen LogP contribution is -2.23. The van der Waals surface area contributed by atoms with Gasteiger partial charge in [-0.1, -0.05) is 35.9 Å². The summed E-state index contributed by atoms with van der Waals surface area (Å²) < 4.78 is 14.7. The van der Waals surface area contributed by atoms with Gasteiger partial charge in [0.25, 0.3) is 11.5 Å². The fourth-order valence-corrected chi connectivity index (χ4v) is 3.64. The Bertz CT molecular complexity index is 1540. The van der Waals surface area contributed by atoms with Crippen LogP contribution in [0.15, 0.2) is 71.5 Å². The molecule has 7 nitrogen and oxygen atoms in total. The average Bonchev–Trinajstić information content (AvgIpc) is 3.22. The highest BCUT2D eigenvalue weighted by molar-refractivity contribution is 5.98. The standard InChI is InChI=1S/C24H18FN5O2/c1-14-3-2-4-16(11-14)21-22-27-24(32)19-10-7-17(12-20(19)30(22)29-28-21)23(31)26-13-15-5-8-18(25)9-6-15/h2-12,29H,13H2,1H3,(H,26,31). The molecule has 8 heteroatoms. The molecule has 158 valence electrons. The molecular weight excluding hydrogens is 409 g/mol. The molecule has 3 aromatic carbocycles. The number of rotatable bonds is 4. The summed E-state index contributed by atoms with van der Waals surface area (Å²) in [7, 11) is 0. The molecule has 5 rings (SSSR count). The minimum absolute atomic E-state index is 0.254. The Morgan fingerprint density at radius 2 is 1.91 bits per heavy atom. The first-order valence-corrected chi connectivity index (χ1v) is 10.0. The van der Waals surface area contributed by atoms with E-state index in [-0.39, 0.29) is 18.3 Å². The number of nitrogens with zero attached hydrogens (tertiary/aromatic N) is 3. The number of hydrogen-bond donors (Lipinski definition) is 2. The molecule has 0 fully saturated rings. The zero-order valence-electron chi connectivity index (χ0n) is 17.1. The normalized spacial score (nSPS) is 11.2. The maximum atomic E-state index is 13.1. The van der Waals surface area contributed by atoms with Crippen LogP contribution in [0.4, 0.5) is 4.39 Å². The number of benzene rings is 3. The van der Waals surface area contributed by atoms with Gasteiger partial charge in [-0.3, -0.25) is 9.59 Å². The molecule has 2 aromatic heterocycles. The molecule has 0 saturated heterocycles. The topological polar surface area (TPSA) is 92.2 Å². The van der Waals surface area contributed by atoms with Crippen molar-refractivity contribution in [3.8, 4) is 11.3 Å². The van der Waals surface area contributed by atoms with Crippen LogP contribution < -0.4 is 10.9 Å². The highest BCUT2D eigenvalue weighted by atomic mass is 19.1. The van der Waals surface area contributed by atoms with Crippen molar-refractivity contribution in [2.24, 2.45) is 0 Å². The minimum Gasteiger partial charge on any atom is -0.348 e. The summed E-state index contributed by atoms with van der Waals surface area (Å²) in [6, 6.07) is 18.5. The van der Waals surface area contributed by atoms with E-state index < -0.39 is 5.56 Å². The second-order valence-electron chi connectivity index (χ2n) is 7.55. The van der Waals surface area contributed by atoms with Crippen LogP contribution in [0.2, 0.25) is 0 Å².